The van der Waals surface area contributed by atoms with Crippen LogP contribution in [0.25, 0.3) is 27.3 Å². The predicted octanol–water partition coefficient (Wildman–Crippen LogP) is 4.04. The maximum absolute atomic E-state index is 11.1. The highest BCUT2D eigenvalue weighted by Crippen LogP contribution is 2.39. The Kier molecular flexibility index (Phi) is 3.30. The second-order valence-corrected chi connectivity index (χ2v) is 7.88. The fourth-order valence-corrected chi connectivity index (χ4v) is 5.04. The molecule has 5 rings (SSSR count). The molecule has 0 N–H and O–H groups in total. The van der Waals surface area contributed by atoms with E-state index in [1.165, 1.54) is 29.0 Å². The Hall–Kier alpha value is -2.87. The highest BCUT2D eigenvalue weighted by molar-refractivity contribution is 7.19. The van der Waals surface area contributed by atoms with Crippen LogP contribution in [0.5, 0.6) is 0 Å². The van der Waals surface area contributed by atoms with Gasteiger partial charge in [-0.25, -0.2) is 4.98 Å². The highest BCUT2D eigenvalue weighted by Gasteiger charge is 2.24. The monoisotopic (exact) mass is 365 g/mol. The van der Waals surface area contributed by atoms with E-state index >= 15 is 0 Å². The molecule has 3 heterocycles. The number of thiophene rings is 1. The van der Waals surface area contributed by atoms with Crippen LogP contribution in [0.4, 0.5) is 5.69 Å². The first-order valence-corrected chi connectivity index (χ1v) is 9.32. The van der Waals surface area contributed by atoms with Crippen LogP contribution in [0.2, 0.25) is 0 Å². The summed E-state index contributed by atoms with van der Waals surface area (Å²) in [5.74, 6) is 1.27. The number of fused-ring (bicyclic) bond motifs is 5. The Morgan fingerprint density at radius 1 is 1.35 bits per heavy atom. The molecule has 0 bridgehead atoms. The van der Waals surface area contributed by atoms with Gasteiger partial charge < -0.3 is 0 Å². The van der Waals surface area contributed by atoms with E-state index in [1.807, 2.05) is 4.40 Å². The third-order valence-electron chi connectivity index (χ3n) is 5.02. The highest BCUT2D eigenvalue weighted by atomic mass is 32.1. The molecule has 1 aliphatic carbocycles. The number of rotatable bonds is 2. The Bertz CT molecular complexity index is 1180. The molecule has 1 atom stereocenters. The Labute approximate surface area is 152 Å². The Morgan fingerprint density at radius 3 is 3.08 bits per heavy atom. The fourth-order valence-electron chi connectivity index (χ4n) is 3.69. The molecule has 0 unspecified atom stereocenters. The van der Waals surface area contributed by atoms with Gasteiger partial charge in [-0.05, 0) is 30.7 Å². The molecule has 0 saturated carbocycles. The number of non-ortho nitro benzene ring substituents is 1. The summed E-state index contributed by atoms with van der Waals surface area (Å²) in [4.78, 5) is 17.7. The minimum atomic E-state index is -0.403. The van der Waals surface area contributed by atoms with Crippen LogP contribution in [0.1, 0.15) is 23.8 Å². The van der Waals surface area contributed by atoms with Crippen LogP contribution in [-0.4, -0.2) is 24.5 Å². The first-order chi connectivity index (χ1) is 12.6. The number of benzene rings is 1. The van der Waals surface area contributed by atoms with E-state index in [9.17, 15) is 10.1 Å². The van der Waals surface area contributed by atoms with Crippen molar-refractivity contribution in [2.75, 3.05) is 0 Å². The second kappa shape index (κ2) is 5.57. The quantitative estimate of drug-likeness (QED) is 0.395. The number of nitro groups is 1. The molecule has 130 valence electrons. The summed E-state index contributed by atoms with van der Waals surface area (Å²) in [6.07, 6.45) is 5.02. The Morgan fingerprint density at radius 2 is 2.23 bits per heavy atom. The molecular weight excluding hydrogens is 350 g/mol. The van der Waals surface area contributed by atoms with E-state index in [1.54, 1.807) is 29.8 Å². The topological polar surface area (TPSA) is 86.2 Å². The zero-order valence-corrected chi connectivity index (χ0v) is 14.9. The largest absolute Gasteiger partial charge is 0.270 e. The van der Waals surface area contributed by atoms with Crippen molar-refractivity contribution in [2.45, 2.75) is 26.2 Å². The molecule has 0 spiro atoms. The van der Waals surface area contributed by atoms with E-state index in [0.29, 0.717) is 17.3 Å². The zero-order valence-electron chi connectivity index (χ0n) is 14.0. The first-order valence-electron chi connectivity index (χ1n) is 8.50. The van der Waals surface area contributed by atoms with Crippen LogP contribution in [0, 0.1) is 16.0 Å². The van der Waals surface area contributed by atoms with E-state index in [-0.39, 0.29) is 5.69 Å². The minimum Gasteiger partial charge on any atom is -0.265 e. The number of hydrogen-bond donors (Lipinski definition) is 0. The number of nitrogens with zero attached hydrogens (tertiary/aromatic N) is 5. The van der Waals surface area contributed by atoms with Gasteiger partial charge >= 0.3 is 0 Å². The lowest BCUT2D eigenvalue weighted by molar-refractivity contribution is -0.384. The van der Waals surface area contributed by atoms with Gasteiger partial charge in [0.2, 0.25) is 0 Å². The van der Waals surface area contributed by atoms with Gasteiger partial charge in [-0.2, -0.15) is 0 Å². The normalized spacial score (nSPS) is 16.9. The lowest BCUT2D eigenvalue weighted by atomic mass is 9.89. The van der Waals surface area contributed by atoms with Crippen molar-refractivity contribution >= 4 is 32.9 Å². The van der Waals surface area contributed by atoms with Crippen molar-refractivity contribution in [1.29, 1.82) is 0 Å². The van der Waals surface area contributed by atoms with Gasteiger partial charge in [-0.15, -0.1) is 21.5 Å². The maximum Gasteiger partial charge on any atom is 0.270 e. The molecule has 8 heteroatoms. The van der Waals surface area contributed by atoms with Crippen molar-refractivity contribution in [3.63, 3.8) is 0 Å². The molecule has 0 fully saturated rings. The van der Waals surface area contributed by atoms with Gasteiger partial charge in [0.25, 0.3) is 5.69 Å². The minimum absolute atomic E-state index is 0.0372. The predicted molar refractivity (Wildman–Crippen MR) is 99.4 cm³/mol. The first kappa shape index (κ1) is 15.4. The SMILES string of the molecule is C[C@@H]1CCc2c(sc3ncn4c(-c5cccc([N+](=O)[O-])c5)nnc4c23)C1. The number of hydrogen-bond acceptors (Lipinski definition) is 6. The third kappa shape index (κ3) is 2.22. The molecule has 1 aliphatic rings. The number of aryl methyl sites for hydroxylation is 1. The van der Waals surface area contributed by atoms with Gasteiger partial charge in [-0.1, -0.05) is 19.1 Å². The Balaban J connectivity index is 1.73. The van der Waals surface area contributed by atoms with Gasteiger partial charge in [0.1, 0.15) is 11.2 Å². The van der Waals surface area contributed by atoms with Crippen molar-refractivity contribution in [3.8, 4) is 11.4 Å². The van der Waals surface area contributed by atoms with Gasteiger partial charge in [0.05, 0.1) is 10.3 Å². The molecule has 0 saturated heterocycles. The van der Waals surface area contributed by atoms with Crippen molar-refractivity contribution < 1.29 is 4.92 Å². The van der Waals surface area contributed by atoms with Crippen LogP contribution in [0.3, 0.4) is 0 Å². The van der Waals surface area contributed by atoms with Crippen LogP contribution in [-0.2, 0) is 12.8 Å². The molecule has 0 aliphatic heterocycles. The summed E-state index contributed by atoms with van der Waals surface area (Å²) < 4.78 is 1.84. The number of nitro benzene ring substituents is 1. The summed E-state index contributed by atoms with van der Waals surface area (Å²) in [5, 5.41) is 20.9. The van der Waals surface area contributed by atoms with Crippen LogP contribution in [0.15, 0.2) is 30.6 Å². The van der Waals surface area contributed by atoms with Gasteiger partial charge in [0.15, 0.2) is 11.5 Å². The molecule has 26 heavy (non-hydrogen) atoms. The van der Waals surface area contributed by atoms with Crippen molar-refractivity contribution in [1.82, 2.24) is 19.6 Å². The summed E-state index contributed by atoms with van der Waals surface area (Å²) >= 11 is 1.75. The smallest absolute Gasteiger partial charge is 0.265 e. The van der Waals surface area contributed by atoms with Crippen molar-refractivity contribution in [3.05, 3.63) is 51.1 Å². The summed E-state index contributed by atoms with van der Waals surface area (Å²) in [5.41, 5.74) is 2.82. The van der Waals surface area contributed by atoms with Crippen LogP contribution >= 0.6 is 11.3 Å². The molecule has 3 aromatic heterocycles. The van der Waals surface area contributed by atoms with Crippen LogP contribution < -0.4 is 0 Å². The van der Waals surface area contributed by atoms with E-state index in [4.69, 9.17) is 0 Å². The fraction of sp³-hybridized carbons (Fsp3) is 0.278. The lowest BCUT2D eigenvalue weighted by Gasteiger charge is -2.17. The second-order valence-electron chi connectivity index (χ2n) is 6.80. The summed E-state index contributed by atoms with van der Waals surface area (Å²) in [6.45, 7) is 2.29. The molecular formula is C18H15N5O2S. The average Bonchev–Trinajstić information content (AvgIpc) is 3.21. The van der Waals surface area contributed by atoms with Gasteiger partial charge in [-0.3, -0.25) is 14.5 Å². The molecule has 4 aromatic rings. The standard InChI is InChI=1S/C18H15N5O2S/c1-10-5-6-13-14(7-10)26-18-15(13)17-21-20-16(22(17)9-19-18)11-3-2-4-12(8-11)23(24)25/h2-4,8-10H,5-7H2,1H3/t10-/m1/s1. The lowest BCUT2D eigenvalue weighted by Crippen LogP contribution is -2.08. The van der Waals surface area contributed by atoms with Crippen molar-refractivity contribution in [2.24, 2.45) is 5.92 Å². The summed E-state index contributed by atoms with van der Waals surface area (Å²) in [7, 11) is 0. The molecule has 1 aromatic carbocycles. The average molecular weight is 365 g/mol. The van der Waals surface area contributed by atoms with E-state index in [0.717, 1.165) is 28.7 Å². The molecule has 0 radical (unpaired) electrons. The van der Waals surface area contributed by atoms with E-state index in [2.05, 4.69) is 22.1 Å². The molecule has 0 amide bonds. The zero-order chi connectivity index (χ0) is 17.8. The summed E-state index contributed by atoms with van der Waals surface area (Å²) in [6, 6.07) is 6.46. The third-order valence-corrected chi connectivity index (χ3v) is 6.18. The van der Waals surface area contributed by atoms with E-state index < -0.39 is 4.92 Å². The number of aromatic nitrogens is 4. The van der Waals surface area contributed by atoms with Gasteiger partial charge in [0, 0.05) is 22.6 Å². The molecule has 7 nitrogen and oxygen atoms in total. The maximum atomic E-state index is 11.1.